The summed E-state index contributed by atoms with van der Waals surface area (Å²) in [5.74, 6) is -0.573. The molecule has 0 bridgehead atoms. The van der Waals surface area contributed by atoms with Crippen LogP contribution >= 0.6 is 23.2 Å². The number of nitrogens with zero attached hydrogens (tertiary/aromatic N) is 3. The first-order valence-electron chi connectivity index (χ1n) is 11.0. The monoisotopic (exact) mass is 514 g/mol. The minimum atomic E-state index is -0.942. The molecule has 5 rings (SSSR count). The van der Waals surface area contributed by atoms with Crippen molar-refractivity contribution in [2.75, 3.05) is 13.7 Å². The number of nitrogens with one attached hydrogen (secondary N) is 1. The lowest BCUT2D eigenvalue weighted by Crippen LogP contribution is -2.43. The second kappa shape index (κ2) is 10.3. The number of benzene rings is 2. The summed E-state index contributed by atoms with van der Waals surface area (Å²) < 4.78 is 0. The Kier molecular flexibility index (Phi) is 7.37. The van der Waals surface area contributed by atoms with Crippen LogP contribution in [0.15, 0.2) is 54.7 Å². The Bertz CT molecular complexity index is 1250. The molecule has 1 aliphatic heterocycles. The molecule has 0 spiro atoms. The molecule has 2 heterocycles. The topological polar surface area (TPSA) is 116 Å². The number of aliphatic hydroxyl groups is 2. The van der Waals surface area contributed by atoms with Crippen LogP contribution in [0.4, 0.5) is 0 Å². The van der Waals surface area contributed by atoms with E-state index in [0.29, 0.717) is 41.2 Å². The average molecular weight is 515 g/mol. The standard InChI is InChI=1S/C24H20Cl2N4O3.CH4O/c25-18-11-27-23(26)29-20(18)15-6-7-16-12-30(22(32)17(16)10-15)13-19(31)28-21(24(33)8-9-24)14-4-2-1-3-5-14;1-2/h1-7,10-11,21,33H,8-9,12-13H2,(H,28,31);2H,1H3. The number of amides is 2. The third kappa shape index (κ3) is 5.31. The first-order chi connectivity index (χ1) is 16.8. The van der Waals surface area contributed by atoms with E-state index in [0.717, 1.165) is 18.2 Å². The van der Waals surface area contributed by atoms with Gasteiger partial charge < -0.3 is 20.4 Å². The van der Waals surface area contributed by atoms with Gasteiger partial charge in [-0.3, -0.25) is 9.59 Å². The summed E-state index contributed by atoms with van der Waals surface area (Å²) in [5, 5.41) is 21.0. The fourth-order valence-electron chi connectivity index (χ4n) is 4.15. The van der Waals surface area contributed by atoms with Crippen LogP contribution in [-0.4, -0.2) is 56.2 Å². The number of carbonyl (C=O) groups is 2. The van der Waals surface area contributed by atoms with Gasteiger partial charge in [0, 0.05) is 24.8 Å². The lowest BCUT2D eigenvalue weighted by molar-refractivity contribution is -0.123. The SMILES string of the molecule is CO.O=C(CN1Cc2ccc(-c3nc(Cl)ncc3Cl)cc2C1=O)NC(c1ccccc1)C1(O)CC1. The Morgan fingerprint density at radius 2 is 1.89 bits per heavy atom. The fraction of sp³-hybridized carbons (Fsp3) is 0.280. The summed E-state index contributed by atoms with van der Waals surface area (Å²) >= 11 is 12.1. The van der Waals surface area contributed by atoms with Crippen molar-refractivity contribution in [1.82, 2.24) is 20.2 Å². The van der Waals surface area contributed by atoms with Crippen LogP contribution < -0.4 is 5.32 Å². The van der Waals surface area contributed by atoms with E-state index >= 15 is 0 Å². The van der Waals surface area contributed by atoms with Gasteiger partial charge >= 0.3 is 0 Å². The highest BCUT2D eigenvalue weighted by Crippen LogP contribution is 2.45. The van der Waals surface area contributed by atoms with E-state index in [1.54, 1.807) is 6.07 Å². The van der Waals surface area contributed by atoms with Crippen LogP contribution in [0.2, 0.25) is 10.3 Å². The summed E-state index contributed by atoms with van der Waals surface area (Å²) in [7, 11) is 1.00. The van der Waals surface area contributed by atoms with Crippen molar-refractivity contribution in [2.45, 2.75) is 31.0 Å². The van der Waals surface area contributed by atoms with Gasteiger partial charge in [-0.25, -0.2) is 9.97 Å². The molecular formula is C25H24Cl2N4O4. The first kappa shape index (κ1) is 25.1. The van der Waals surface area contributed by atoms with Gasteiger partial charge in [0.15, 0.2) is 0 Å². The van der Waals surface area contributed by atoms with Crippen LogP contribution in [0.25, 0.3) is 11.3 Å². The van der Waals surface area contributed by atoms with Crippen molar-refractivity contribution < 1.29 is 19.8 Å². The molecule has 0 radical (unpaired) electrons. The second-order valence-corrected chi connectivity index (χ2v) is 9.13. The van der Waals surface area contributed by atoms with Gasteiger partial charge in [0.25, 0.3) is 5.91 Å². The molecule has 182 valence electrons. The normalized spacial score (nSPS) is 16.1. The Morgan fingerprint density at radius 1 is 1.17 bits per heavy atom. The average Bonchev–Trinajstić information content (AvgIpc) is 3.55. The van der Waals surface area contributed by atoms with E-state index in [1.165, 1.54) is 11.1 Å². The lowest BCUT2D eigenvalue weighted by Gasteiger charge is -2.25. The fourth-order valence-corrected chi connectivity index (χ4v) is 4.49. The summed E-state index contributed by atoms with van der Waals surface area (Å²) in [6.45, 7) is 0.211. The molecule has 1 unspecified atom stereocenters. The summed E-state index contributed by atoms with van der Waals surface area (Å²) in [4.78, 5) is 35.4. The van der Waals surface area contributed by atoms with Gasteiger partial charge in [-0.2, -0.15) is 0 Å². The van der Waals surface area contributed by atoms with E-state index < -0.39 is 11.6 Å². The molecule has 3 aromatic rings. The molecule has 2 aromatic carbocycles. The van der Waals surface area contributed by atoms with E-state index in [1.807, 2.05) is 42.5 Å². The highest BCUT2D eigenvalue weighted by atomic mass is 35.5. The molecule has 1 atom stereocenters. The van der Waals surface area contributed by atoms with Crippen molar-refractivity contribution in [2.24, 2.45) is 0 Å². The van der Waals surface area contributed by atoms with Crippen molar-refractivity contribution >= 4 is 35.0 Å². The Labute approximate surface area is 212 Å². The largest absolute Gasteiger partial charge is 0.400 e. The quantitative estimate of drug-likeness (QED) is 0.434. The van der Waals surface area contributed by atoms with Crippen molar-refractivity contribution in [3.8, 4) is 11.3 Å². The molecule has 1 aliphatic carbocycles. The maximum absolute atomic E-state index is 13.0. The molecule has 1 fully saturated rings. The van der Waals surface area contributed by atoms with Gasteiger partial charge in [0.1, 0.15) is 6.54 Å². The van der Waals surface area contributed by atoms with E-state index in [9.17, 15) is 14.7 Å². The number of carbonyl (C=O) groups excluding carboxylic acids is 2. The Morgan fingerprint density at radius 3 is 2.57 bits per heavy atom. The highest BCUT2D eigenvalue weighted by molar-refractivity contribution is 6.33. The van der Waals surface area contributed by atoms with Crippen molar-refractivity contribution in [3.63, 3.8) is 0 Å². The minimum absolute atomic E-state index is 0.0600. The zero-order valence-electron chi connectivity index (χ0n) is 18.9. The molecule has 10 heteroatoms. The van der Waals surface area contributed by atoms with Crippen LogP contribution in [0.1, 0.15) is 40.4 Å². The zero-order valence-corrected chi connectivity index (χ0v) is 20.4. The van der Waals surface area contributed by atoms with Gasteiger partial charge in [-0.1, -0.05) is 54.1 Å². The van der Waals surface area contributed by atoms with E-state index in [4.69, 9.17) is 28.3 Å². The van der Waals surface area contributed by atoms with Crippen molar-refractivity contribution in [1.29, 1.82) is 0 Å². The third-order valence-electron chi connectivity index (χ3n) is 6.05. The summed E-state index contributed by atoms with van der Waals surface area (Å²) in [5.41, 5.74) is 2.28. The third-order valence-corrected chi connectivity index (χ3v) is 6.51. The summed E-state index contributed by atoms with van der Waals surface area (Å²) in [6.07, 6.45) is 2.66. The molecule has 8 nitrogen and oxygen atoms in total. The van der Waals surface area contributed by atoms with Gasteiger partial charge in [0.2, 0.25) is 11.2 Å². The van der Waals surface area contributed by atoms with Crippen LogP contribution in [0.3, 0.4) is 0 Å². The van der Waals surface area contributed by atoms with Crippen molar-refractivity contribution in [3.05, 3.63) is 81.7 Å². The molecule has 1 saturated carbocycles. The summed E-state index contributed by atoms with van der Waals surface area (Å²) in [6, 6.07) is 14.2. The zero-order chi connectivity index (χ0) is 25.2. The molecule has 3 N–H and O–H groups in total. The number of aromatic nitrogens is 2. The number of hydrogen-bond donors (Lipinski definition) is 3. The number of rotatable bonds is 6. The smallest absolute Gasteiger partial charge is 0.254 e. The molecule has 35 heavy (non-hydrogen) atoms. The highest BCUT2D eigenvalue weighted by Gasteiger charge is 2.49. The maximum atomic E-state index is 13.0. The minimum Gasteiger partial charge on any atom is -0.400 e. The van der Waals surface area contributed by atoms with Gasteiger partial charge in [0.05, 0.1) is 28.6 Å². The van der Waals surface area contributed by atoms with Crippen LogP contribution in [0.5, 0.6) is 0 Å². The number of fused-ring (bicyclic) bond motifs is 1. The predicted molar refractivity (Wildman–Crippen MR) is 132 cm³/mol. The van der Waals surface area contributed by atoms with Gasteiger partial charge in [-0.15, -0.1) is 0 Å². The molecule has 1 aromatic heterocycles. The van der Waals surface area contributed by atoms with Crippen LogP contribution in [0, 0.1) is 0 Å². The predicted octanol–water partition coefficient (Wildman–Crippen LogP) is 3.40. The number of aliphatic hydroxyl groups excluding tert-OH is 1. The lowest BCUT2D eigenvalue weighted by atomic mass is 9.99. The Balaban J connectivity index is 0.00000141. The number of halogens is 2. The molecule has 2 aliphatic rings. The number of hydrogen-bond acceptors (Lipinski definition) is 6. The van der Waals surface area contributed by atoms with Gasteiger partial charge in [-0.05, 0) is 41.6 Å². The maximum Gasteiger partial charge on any atom is 0.254 e. The van der Waals surface area contributed by atoms with E-state index in [-0.39, 0.29) is 23.6 Å². The molecule has 2 amide bonds. The molecule has 0 saturated heterocycles. The van der Waals surface area contributed by atoms with E-state index in [2.05, 4.69) is 15.3 Å². The Hall–Kier alpha value is -3.04. The first-order valence-corrected chi connectivity index (χ1v) is 11.7. The van der Waals surface area contributed by atoms with Crippen LogP contribution in [-0.2, 0) is 11.3 Å². The molecular weight excluding hydrogens is 491 g/mol. The second-order valence-electron chi connectivity index (χ2n) is 8.38.